The Labute approximate surface area is 244 Å². The maximum Gasteiger partial charge on any atom is 0.416 e. The topological polar surface area (TPSA) is 129 Å². The highest BCUT2D eigenvalue weighted by atomic mass is 19.4. The van der Waals surface area contributed by atoms with Crippen molar-refractivity contribution in [3.8, 4) is 5.75 Å². The van der Waals surface area contributed by atoms with E-state index in [0.29, 0.717) is 41.5 Å². The van der Waals surface area contributed by atoms with E-state index in [9.17, 15) is 22.4 Å². The fraction of sp³-hybridized carbons (Fsp3) is 0.333. The van der Waals surface area contributed by atoms with Gasteiger partial charge in [0.2, 0.25) is 5.90 Å². The van der Waals surface area contributed by atoms with Gasteiger partial charge in [-0.1, -0.05) is 29.4 Å². The number of benzene rings is 3. The number of halogens is 4. The Kier molecular flexibility index (Phi) is 9.89. The number of carbonyl (C=O) groups excluding carboxylic acids is 1. The minimum atomic E-state index is -4.76. The molecule has 0 radical (unpaired) electrons. The number of azide groups is 1. The lowest BCUT2D eigenvalue weighted by Crippen LogP contribution is -2.52. The average Bonchev–Trinajstić information content (AvgIpc) is 3.31. The summed E-state index contributed by atoms with van der Waals surface area (Å²) >= 11 is 0. The highest BCUT2D eigenvalue weighted by Gasteiger charge is 2.50. The summed E-state index contributed by atoms with van der Waals surface area (Å²) in [5.41, 5.74) is 7.88. The predicted octanol–water partition coefficient (Wildman–Crippen LogP) is 5.88. The monoisotopic (exact) mass is 599 g/mol. The summed E-state index contributed by atoms with van der Waals surface area (Å²) in [6.45, 7) is 1.62. The largest absolute Gasteiger partial charge is 0.494 e. The first-order valence-corrected chi connectivity index (χ1v) is 13.4. The minimum absolute atomic E-state index is 0.000536. The van der Waals surface area contributed by atoms with Crippen molar-refractivity contribution in [1.29, 1.82) is 0 Å². The van der Waals surface area contributed by atoms with Crippen LogP contribution < -0.4 is 10.1 Å². The number of rotatable bonds is 12. The molecular weight excluding hydrogens is 570 g/mol. The number of nitrogens with one attached hydrogen (secondary N) is 1. The molecule has 0 saturated heterocycles. The number of ether oxygens (including phenoxy) is 2. The van der Waals surface area contributed by atoms with Gasteiger partial charge in [-0.3, -0.25) is 4.79 Å². The van der Waals surface area contributed by atoms with Gasteiger partial charge in [0, 0.05) is 36.5 Å². The number of aliphatic hydroxyl groups excluding tert-OH is 1. The number of alkyl halides is 3. The van der Waals surface area contributed by atoms with Crippen LogP contribution in [-0.2, 0) is 35.2 Å². The van der Waals surface area contributed by atoms with Gasteiger partial charge in [-0.2, -0.15) is 13.2 Å². The van der Waals surface area contributed by atoms with Crippen molar-refractivity contribution >= 4 is 11.8 Å². The number of aliphatic hydroxyl groups is 1. The van der Waals surface area contributed by atoms with Gasteiger partial charge in [0.05, 0.1) is 18.7 Å². The van der Waals surface area contributed by atoms with Gasteiger partial charge in [0.25, 0.3) is 5.91 Å². The first-order valence-electron chi connectivity index (χ1n) is 13.4. The molecule has 0 aliphatic carbocycles. The Morgan fingerprint density at radius 1 is 1.16 bits per heavy atom. The summed E-state index contributed by atoms with van der Waals surface area (Å²) in [5.74, 6) is -0.992. The molecule has 0 bridgehead atoms. The van der Waals surface area contributed by atoms with Crippen LogP contribution in [0.5, 0.6) is 5.75 Å². The summed E-state index contributed by atoms with van der Waals surface area (Å²) in [6.07, 6.45) is -5.10. The third kappa shape index (κ3) is 7.62. The number of nitrogens with zero attached hydrogens (tertiary/aromatic N) is 4. The second kappa shape index (κ2) is 13.6. The molecule has 1 aliphatic rings. The van der Waals surface area contributed by atoms with E-state index in [1.54, 1.807) is 55.5 Å². The molecule has 13 heteroatoms. The molecule has 4 rings (SSSR count). The summed E-state index contributed by atoms with van der Waals surface area (Å²) in [5, 5.41) is 15.2. The van der Waals surface area contributed by atoms with Crippen LogP contribution in [0.1, 0.15) is 41.2 Å². The average molecular weight is 600 g/mol. The first-order chi connectivity index (χ1) is 20.6. The lowest BCUT2D eigenvalue weighted by Gasteiger charge is -2.29. The van der Waals surface area contributed by atoms with Crippen molar-refractivity contribution in [3.63, 3.8) is 0 Å². The molecule has 43 heavy (non-hydrogen) atoms. The van der Waals surface area contributed by atoms with Crippen molar-refractivity contribution in [1.82, 2.24) is 5.32 Å². The molecule has 9 nitrogen and oxygen atoms in total. The highest BCUT2D eigenvalue weighted by molar-refractivity contribution is 6.01. The number of hydrogen-bond acceptors (Lipinski definition) is 6. The summed E-state index contributed by atoms with van der Waals surface area (Å²) < 4.78 is 65.4. The number of amides is 1. The molecule has 0 fully saturated rings. The van der Waals surface area contributed by atoms with Crippen LogP contribution in [-0.4, -0.2) is 41.8 Å². The van der Waals surface area contributed by atoms with Gasteiger partial charge in [-0.15, -0.1) is 0 Å². The van der Waals surface area contributed by atoms with Crippen LogP contribution in [0.25, 0.3) is 10.4 Å². The quantitative estimate of drug-likeness (QED) is 0.0886. The van der Waals surface area contributed by atoms with E-state index >= 15 is 0 Å². The van der Waals surface area contributed by atoms with Gasteiger partial charge in [-0.25, -0.2) is 9.38 Å². The van der Waals surface area contributed by atoms with Crippen LogP contribution in [0.2, 0.25) is 0 Å². The zero-order valence-corrected chi connectivity index (χ0v) is 23.1. The predicted molar refractivity (Wildman–Crippen MR) is 150 cm³/mol. The summed E-state index contributed by atoms with van der Waals surface area (Å²) in [7, 11) is 0. The van der Waals surface area contributed by atoms with Crippen LogP contribution in [0.15, 0.2) is 76.8 Å². The molecule has 3 aromatic rings. The smallest absolute Gasteiger partial charge is 0.416 e. The standard InChI is InChI=1S/C30H29F4N5O4/c1-19-29(16-22-5-2-3-6-23(22)18-37-39-35,28(41)36-17-20-13-24(30(32,33)34)15-25(31)14-20)38-27(43-19)21-7-9-26(10-8-21)42-12-4-11-40/h2-3,5-10,13-15,19,40H,4,11-12,16-18H2,1H3,(H,36,41)/t19-,29-/m1/s1. The molecule has 1 aliphatic heterocycles. The van der Waals surface area contributed by atoms with Crippen molar-refractivity contribution in [3.05, 3.63) is 111 Å². The Morgan fingerprint density at radius 3 is 2.56 bits per heavy atom. The molecule has 0 saturated carbocycles. The molecule has 226 valence electrons. The van der Waals surface area contributed by atoms with Gasteiger partial charge >= 0.3 is 6.18 Å². The molecule has 0 spiro atoms. The third-order valence-electron chi connectivity index (χ3n) is 6.95. The first kappa shape index (κ1) is 31.3. The van der Waals surface area contributed by atoms with Gasteiger partial charge in [0.1, 0.15) is 17.7 Å². The minimum Gasteiger partial charge on any atom is -0.494 e. The lowest BCUT2D eigenvalue weighted by molar-refractivity contribution is -0.137. The molecule has 3 aromatic carbocycles. The Balaban J connectivity index is 1.67. The molecular formula is C30H29F4N5O4. The Hall–Kier alpha value is -4.61. The normalized spacial score (nSPS) is 17.9. The Bertz CT molecular complexity index is 1520. The van der Waals surface area contributed by atoms with Crippen LogP contribution in [0.4, 0.5) is 17.6 Å². The molecule has 1 heterocycles. The van der Waals surface area contributed by atoms with E-state index in [0.717, 1.165) is 12.1 Å². The second-order valence-electron chi connectivity index (χ2n) is 9.91. The highest BCUT2D eigenvalue weighted by Crippen LogP contribution is 2.34. The number of aliphatic imine (C=N–C) groups is 1. The molecule has 1 amide bonds. The van der Waals surface area contributed by atoms with E-state index in [-0.39, 0.29) is 37.6 Å². The molecule has 0 aromatic heterocycles. The number of carbonyl (C=O) groups is 1. The molecule has 2 N–H and O–H groups in total. The Morgan fingerprint density at radius 2 is 1.88 bits per heavy atom. The van der Waals surface area contributed by atoms with Crippen molar-refractivity contribution < 1.29 is 36.9 Å². The SMILES string of the molecule is C[C@H]1OC(c2ccc(OCCCO)cc2)=N[C@@]1(Cc1ccccc1CN=[N+]=[N-])C(=O)NCc1cc(F)cc(C(F)(F)F)c1. The summed E-state index contributed by atoms with van der Waals surface area (Å²) in [4.78, 5) is 21.4. The zero-order chi connectivity index (χ0) is 31.0. The fourth-order valence-corrected chi connectivity index (χ4v) is 4.68. The van der Waals surface area contributed by atoms with E-state index in [1.165, 1.54) is 0 Å². The van der Waals surface area contributed by atoms with Crippen LogP contribution in [0.3, 0.4) is 0 Å². The zero-order valence-electron chi connectivity index (χ0n) is 23.1. The summed E-state index contributed by atoms with van der Waals surface area (Å²) in [6, 6.07) is 15.9. The van der Waals surface area contributed by atoms with Crippen molar-refractivity contribution in [2.24, 2.45) is 10.1 Å². The van der Waals surface area contributed by atoms with Crippen LogP contribution in [0, 0.1) is 5.82 Å². The van der Waals surface area contributed by atoms with Gasteiger partial charge in [0.15, 0.2) is 5.54 Å². The van der Waals surface area contributed by atoms with Crippen LogP contribution >= 0.6 is 0 Å². The van der Waals surface area contributed by atoms with E-state index < -0.39 is 35.1 Å². The maximum atomic E-state index is 14.0. The van der Waals surface area contributed by atoms with E-state index in [1.807, 2.05) is 0 Å². The van der Waals surface area contributed by atoms with Crippen molar-refractivity contribution in [2.45, 2.75) is 50.7 Å². The fourth-order valence-electron chi connectivity index (χ4n) is 4.68. The van der Waals surface area contributed by atoms with E-state index in [4.69, 9.17) is 25.1 Å². The lowest BCUT2D eigenvalue weighted by atomic mass is 9.84. The van der Waals surface area contributed by atoms with Gasteiger partial charge in [-0.05, 0) is 71.6 Å². The van der Waals surface area contributed by atoms with Gasteiger partial charge < -0.3 is 19.9 Å². The third-order valence-corrected chi connectivity index (χ3v) is 6.95. The maximum absolute atomic E-state index is 14.0. The van der Waals surface area contributed by atoms with E-state index in [2.05, 4.69) is 15.3 Å². The second-order valence-corrected chi connectivity index (χ2v) is 9.91. The molecule has 0 unspecified atom stereocenters. The van der Waals surface area contributed by atoms with Crippen molar-refractivity contribution in [2.75, 3.05) is 13.2 Å². The molecule has 2 atom stereocenters. The number of hydrogen-bond donors (Lipinski definition) is 2.